The van der Waals surface area contributed by atoms with Crippen LogP contribution in [0, 0.1) is 10.1 Å². The van der Waals surface area contributed by atoms with Gasteiger partial charge in [-0.2, -0.15) is 0 Å². The maximum atomic E-state index is 12.8. The molecule has 0 aliphatic carbocycles. The Kier molecular flexibility index (Phi) is 7.06. The molecule has 1 aromatic rings. The van der Waals surface area contributed by atoms with Gasteiger partial charge in [-0.15, -0.1) is 0 Å². The highest BCUT2D eigenvalue weighted by molar-refractivity contribution is 6.74. The number of ether oxygens (including phenoxy) is 1. The Morgan fingerprint density at radius 1 is 1.23 bits per heavy atom. The molecule has 1 saturated heterocycles. The predicted octanol–water partition coefficient (Wildman–Crippen LogP) is 4.44. The number of anilines is 1. The van der Waals surface area contributed by atoms with Gasteiger partial charge >= 0.3 is 6.09 Å². The van der Waals surface area contributed by atoms with Gasteiger partial charge in [-0.1, -0.05) is 20.8 Å². The summed E-state index contributed by atoms with van der Waals surface area (Å²) >= 11 is 0. The Bertz CT molecular complexity index is 801. The summed E-state index contributed by atoms with van der Waals surface area (Å²) < 4.78 is 12.3. The van der Waals surface area contributed by atoms with Crippen molar-refractivity contribution in [1.29, 1.82) is 0 Å². The van der Waals surface area contributed by atoms with Crippen molar-refractivity contribution >= 4 is 25.9 Å². The predicted molar refractivity (Wildman–Crippen MR) is 123 cm³/mol. The number of amides is 1. The smallest absolute Gasteiger partial charge is 0.410 e. The van der Waals surface area contributed by atoms with Crippen LogP contribution in [0.1, 0.15) is 41.5 Å². The Labute approximate surface area is 186 Å². The molecule has 2 heterocycles. The lowest BCUT2D eigenvalue weighted by molar-refractivity contribution is -0.385. The molecule has 0 N–H and O–H groups in total. The van der Waals surface area contributed by atoms with Crippen LogP contribution in [0.4, 0.5) is 16.3 Å². The van der Waals surface area contributed by atoms with Gasteiger partial charge in [0.15, 0.2) is 8.32 Å². The van der Waals surface area contributed by atoms with E-state index < -0.39 is 24.9 Å². The Morgan fingerprint density at radius 3 is 2.29 bits per heavy atom. The van der Waals surface area contributed by atoms with Crippen molar-refractivity contribution in [2.75, 3.05) is 25.0 Å². The highest BCUT2D eigenvalue weighted by atomic mass is 28.4. The van der Waals surface area contributed by atoms with Crippen molar-refractivity contribution in [2.24, 2.45) is 0 Å². The van der Waals surface area contributed by atoms with E-state index in [0.29, 0.717) is 18.9 Å². The van der Waals surface area contributed by atoms with E-state index in [1.165, 1.54) is 12.3 Å². The number of hydrogen-bond donors (Lipinski definition) is 0. The van der Waals surface area contributed by atoms with Crippen molar-refractivity contribution in [3.05, 3.63) is 28.4 Å². The molecule has 0 aromatic carbocycles. The maximum Gasteiger partial charge on any atom is 0.410 e. The molecule has 1 aromatic heterocycles. The largest absolute Gasteiger partial charge is 0.444 e. The number of carbonyl (C=O) groups is 1. The van der Waals surface area contributed by atoms with E-state index in [1.54, 1.807) is 18.0 Å². The molecule has 0 spiro atoms. The summed E-state index contributed by atoms with van der Waals surface area (Å²) in [5, 5.41) is 11.0. The van der Waals surface area contributed by atoms with Gasteiger partial charge in [-0.05, 0) is 45.0 Å². The normalized spacial score (nSPS) is 20.0. The molecule has 31 heavy (non-hydrogen) atoms. The first kappa shape index (κ1) is 25.1. The lowest BCUT2D eigenvalue weighted by Crippen LogP contribution is -2.52. The first-order chi connectivity index (χ1) is 14.0. The molecule has 0 saturated carbocycles. The molecule has 174 valence electrons. The minimum atomic E-state index is -2.11. The molecule has 9 nitrogen and oxygen atoms in total. The lowest BCUT2D eigenvalue weighted by atomic mass is 10.2. The van der Waals surface area contributed by atoms with Crippen molar-refractivity contribution in [3.63, 3.8) is 0 Å². The molecule has 10 heteroatoms. The van der Waals surface area contributed by atoms with Crippen molar-refractivity contribution in [2.45, 2.75) is 77.4 Å². The zero-order valence-corrected chi connectivity index (χ0v) is 21.1. The Hall–Kier alpha value is -2.20. The quantitative estimate of drug-likeness (QED) is 0.370. The minimum absolute atomic E-state index is 0.0149. The third kappa shape index (κ3) is 6.16. The topological polar surface area (TPSA) is 98.0 Å². The van der Waals surface area contributed by atoms with Gasteiger partial charge < -0.3 is 19.0 Å². The van der Waals surface area contributed by atoms with E-state index >= 15 is 0 Å². The maximum absolute atomic E-state index is 12.8. The molecular weight excluding hydrogens is 416 g/mol. The first-order valence-electron chi connectivity index (χ1n) is 10.5. The van der Waals surface area contributed by atoms with Gasteiger partial charge in [0.2, 0.25) is 0 Å². The Balaban J connectivity index is 2.30. The van der Waals surface area contributed by atoms with Gasteiger partial charge in [-0.3, -0.25) is 10.1 Å². The van der Waals surface area contributed by atoms with Gasteiger partial charge in [0.05, 0.1) is 17.1 Å². The minimum Gasteiger partial charge on any atom is -0.444 e. The van der Waals surface area contributed by atoms with E-state index in [9.17, 15) is 14.9 Å². The number of aromatic nitrogens is 1. The van der Waals surface area contributed by atoms with E-state index in [0.717, 1.165) is 0 Å². The average molecular weight is 453 g/mol. The number of nitrogens with zero attached hydrogens (tertiary/aromatic N) is 4. The molecule has 2 rings (SSSR count). The molecule has 1 amide bonds. The lowest BCUT2D eigenvalue weighted by Gasteiger charge is -2.40. The molecule has 1 aliphatic heterocycles. The number of pyridine rings is 1. The van der Waals surface area contributed by atoms with Crippen LogP contribution < -0.4 is 4.90 Å². The van der Waals surface area contributed by atoms with Crippen LogP contribution in [0.25, 0.3) is 0 Å². The van der Waals surface area contributed by atoms with E-state index in [2.05, 4.69) is 38.8 Å². The number of carbonyl (C=O) groups excluding carboxylic acids is 1. The summed E-state index contributed by atoms with van der Waals surface area (Å²) in [5.74, 6) is 0.620. The summed E-state index contributed by atoms with van der Waals surface area (Å²) in [6.07, 6.45) is 0.625. The standard InChI is InChI=1S/C21H36N4O5Si/c1-20(2,3)29-19(26)23(7)16-13-24(18-11-10-15(12-22-18)25(27)28)14-17(16)30-31(8,9)21(4,5)6/h10-12,16-17H,13-14H2,1-9H3/t16-,17-/m1/s1. The SMILES string of the molecule is CN(C(=O)OC(C)(C)C)[C@@H]1CN(c2ccc([N+](=O)[O-])cn2)C[C@H]1O[Si](C)(C)C(C)(C)C. The molecule has 2 atom stereocenters. The number of likely N-dealkylation sites (N-methyl/N-ethyl adjacent to an activating group) is 1. The summed E-state index contributed by atoms with van der Waals surface area (Å²) in [4.78, 5) is 31.1. The summed E-state index contributed by atoms with van der Waals surface area (Å²) in [6.45, 7) is 17.4. The van der Waals surface area contributed by atoms with E-state index in [-0.39, 0.29) is 22.9 Å². The second-order valence-corrected chi connectivity index (χ2v) is 15.4. The van der Waals surface area contributed by atoms with Crippen LogP contribution in [-0.2, 0) is 9.16 Å². The molecular formula is C21H36N4O5Si. The molecule has 0 unspecified atom stereocenters. The summed E-state index contributed by atoms with van der Waals surface area (Å²) in [6, 6.07) is 2.84. The van der Waals surface area contributed by atoms with Crippen molar-refractivity contribution in [1.82, 2.24) is 9.88 Å². The fourth-order valence-corrected chi connectivity index (χ4v) is 4.47. The van der Waals surface area contributed by atoms with Crippen LogP contribution >= 0.6 is 0 Å². The molecule has 1 fully saturated rings. The third-order valence-corrected chi connectivity index (χ3v) is 10.4. The fourth-order valence-electron chi connectivity index (χ4n) is 3.13. The van der Waals surface area contributed by atoms with Gasteiger partial charge in [0.25, 0.3) is 5.69 Å². The molecule has 0 radical (unpaired) electrons. The zero-order valence-electron chi connectivity index (χ0n) is 20.1. The fraction of sp³-hybridized carbons (Fsp3) is 0.714. The van der Waals surface area contributed by atoms with Crippen LogP contribution in [0.15, 0.2) is 18.3 Å². The third-order valence-electron chi connectivity index (χ3n) is 5.94. The molecule has 0 bridgehead atoms. The van der Waals surface area contributed by atoms with Crippen LogP contribution in [-0.4, -0.2) is 67.1 Å². The number of nitro groups is 1. The van der Waals surface area contributed by atoms with Gasteiger partial charge in [-0.25, -0.2) is 9.78 Å². The van der Waals surface area contributed by atoms with Gasteiger partial charge in [0.1, 0.15) is 17.6 Å². The number of hydrogen-bond acceptors (Lipinski definition) is 7. The van der Waals surface area contributed by atoms with Crippen molar-refractivity contribution in [3.8, 4) is 0 Å². The van der Waals surface area contributed by atoms with Crippen LogP contribution in [0.5, 0.6) is 0 Å². The average Bonchev–Trinajstić information content (AvgIpc) is 3.01. The van der Waals surface area contributed by atoms with Gasteiger partial charge in [0, 0.05) is 26.2 Å². The van der Waals surface area contributed by atoms with Crippen LogP contribution in [0.2, 0.25) is 18.1 Å². The highest BCUT2D eigenvalue weighted by Crippen LogP contribution is 2.39. The summed E-state index contributed by atoms with van der Waals surface area (Å²) in [7, 11) is -0.379. The second kappa shape index (κ2) is 8.74. The zero-order chi connectivity index (χ0) is 23.8. The molecule has 1 aliphatic rings. The number of rotatable bonds is 5. The van der Waals surface area contributed by atoms with Crippen molar-refractivity contribution < 1.29 is 18.9 Å². The Morgan fingerprint density at radius 2 is 1.84 bits per heavy atom. The van der Waals surface area contributed by atoms with E-state index in [4.69, 9.17) is 9.16 Å². The highest BCUT2D eigenvalue weighted by Gasteiger charge is 2.46. The monoisotopic (exact) mass is 452 g/mol. The van der Waals surface area contributed by atoms with Crippen LogP contribution in [0.3, 0.4) is 0 Å². The first-order valence-corrected chi connectivity index (χ1v) is 13.4. The summed E-state index contributed by atoms with van der Waals surface area (Å²) in [5.41, 5.74) is -0.654. The second-order valence-electron chi connectivity index (χ2n) is 10.6. The van der Waals surface area contributed by atoms with E-state index in [1.807, 2.05) is 25.7 Å².